The summed E-state index contributed by atoms with van der Waals surface area (Å²) in [6.45, 7) is 5.77. The van der Waals surface area contributed by atoms with Crippen LogP contribution in [0.25, 0.3) is 0 Å². The van der Waals surface area contributed by atoms with E-state index >= 15 is 0 Å². The van der Waals surface area contributed by atoms with Gasteiger partial charge in [0.05, 0.1) is 34.3 Å². The van der Waals surface area contributed by atoms with Gasteiger partial charge in [-0.1, -0.05) is 6.92 Å². The normalized spacial score (nSPS) is 12.6. The first kappa shape index (κ1) is 15.1. The van der Waals surface area contributed by atoms with Crippen LogP contribution in [0.15, 0.2) is 29.0 Å². The summed E-state index contributed by atoms with van der Waals surface area (Å²) in [6, 6.07) is 3.04. The van der Waals surface area contributed by atoms with Gasteiger partial charge >= 0.3 is 0 Å². The lowest BCUT2D eigenvalue weighted by Gasteiger charge is -2.20. The molecule has 0 amide bonds. The van der Waals surface area contributed by atoms with E-state index in [1.807, 2.05) is 11.6 Å². The molecule has 6 heteroatoms. The van der Waals surface area contributed by atoms with Crippen LogP contribution >= 0.6 is 15.9 Å². The van der Waals surface area contributed by atoms with Crippen LogP contribution < -0.4 is 5.32 Å². The van der Waals surface area contributed by atoms with Gasteiger partial charge in [0, 0.05) is 6.54 Å². The van der Waals surface area contributed by atoms with Crippen LogP contribution in [0, 0.1) is 5.82 Å². The second-order valence-corrected chi connectivity index (χ2v) is 5.34. The summed E-state index contributed by atoms with van der Waals surface area (Å²) in [5.41, 5.74) is 1.80. The molecular weight excluding hydrogens is 323 g/mol. The maximum Gasteiger partial charge on any atom is 0.141 e. The predicted octanol–water partition coefficient (Wildman–Crippen LogP) is 3.29. The summed E-state index contributed by atoms with van der Waals surface area (Å²) in [7, 11) is 0. The standard InChI is InChI=1S/C14H18BrFN4/c1-3-7-17-13(12-6-5-10(16)8-18-12)14-11(15)9-19-20(14)4-2/h5-6,8-9,13,17H,3-4,7H2,1-2H3. The molecule has 0 radical (unpaired) electrons. The van der Waals surface area contributed by atoms with Crippen molar-refractivity contribution in [3.8, 4) is 0 Å². The molecule has 0 bridgehead atoms. The molecule has 2 heterocycles. The van der Waals surface area contributed by atoms with Crippen LogP contribution in [0.4, 0.5) is 4.39 Å². The van der Waals surface area contributed by atoms with E-state index < -0.39 is 0 Å². The molecule has 0 aliphatic heterocycles. The number of nitrogens with zero attached hydrogens (tertiary/aromatic N) is 3. The molecule has 0 aliphatic rings. The molecule has 20 heavy (non-hydrogen) atoms. The molecule has 108 valence electrons. The minimum Gasteiger partial charge on any atom is -0.304 e. The van der Waals surface area contributed by atoms with Crippen LogP contribution in [-0.4, -0.2) is 21.3 Å². The molecule has 0 fully saturated rings. The van der Waals surface area contributed by atoms with Gasteiger partial charge in [0.25, 0.3) is 0 Å². The van der Waals surface area contributed by atoms with Crippen molar-refractivity contribution in [2.24, 2.45) is 0 Å². The van der Waals surface area contributed by atoms with Crippen molar-refractivity contribution in [1.29, 1.82) is 0 Å². The van der Waals surface area contributed by atoms with Gasteiger partial charge in [-0.15, -0.1) is 0 Å². The summed E-state index contributed by atoms with van der Waals surface area (Å²) in [6.07, 6.45) is 4.04. The van der Waals surface area contributed by atoms with E-state index in [0.717, 1.165) is 35.4 Å². The zero-order valence-electron chi connectivity index (χ0n) is 11.6. The van der Waals surface area contributed by atoms with Crippen LogP contribution in [0.5, 0.6) is 0 Å². The SMILES string of the molecule is CCCNC(c1ccc(F)cn1)c1c(Br)cnn1CC. The van der Waals surface area contributed by atoms with Crippen molar-refractivity contribution in [3.05, 3.63) is 46.2 Å². The van der Waals surface area contributed by atoms with Crippen molar-refractivity contribution < 1.29 is 4.39 Å². The zero-order chi connectivity index (χ0) is 14.5. The molecule has 0 saturated heterocycles. The number of hydrogen-bond donors (Lipinski definition) is 1. The van der Waals surface area contributed by atoms with Crippen LogP contribution in [0.1, 0.15) is 37.7 Å². The van der Waals surface area contributed by atoms with Crippen molar-refractivity contribution in [1.82, 2.24) is 20.1 Å². The highest BCUT2D eigenvalue weighted by molar-refractivity contribution is 9.10. The van der Waals surface area contributed by atoms with Gasteiger partial charge < -0.3 is 5.32 Å². The third kappa shape index (κ3) is 3.24. The molecule has 2 aromatic heterocycles. The van der Waals surface area contributed by atoms with Gasteiger partial charge in [-0.3, -0.25) is 9.67 Å². The quantitative estimate of drug-likeness (QED) is 0.877. The van der Waals surface area contributed by atoms with E-state index in [9.17, 15) is 4.39 Å². The maximum atomic E-state index is 13.1. The minimum absolute atomic E-state index is 0.104. The van der Waals surface area contributed by atoms with Crippen molar-refractivity contribution in [3.63, 3.8) is 0 Å². The van der Waals surface area contributed by atoms with Crippen molar-refractivity contribution in [2.45, 2.75) is 32.9 Å². The van der Waals surface area contributed by atoms with E-state index in [0.29, 0.717) is 0 Å². The maximum absolute atomic E-state index is 13.1. The number of pyridine rings is 1. The topological polar surface area (TPSA) is 42.7 Å². The Morgan fingerprint density at radius 3 is 2.75 bits per heavy atom. The van der Waals surface area contributed by atoms with Crippen LogP contribution in [0.2, 0.25) is 0 Å². The molecular formula is C14H18BrFN4. The number of hydrogen-bond acceptors (Lipinski definition) is 3. The highest BCUT2D eigenvalue weighted by Crippen LogP contribution is 2.27. The summed E-state index contributed by atoms with van der Waals surface area (Å²) in [4.78, 5) is 4.20. The number of aromatic nitrogens is 3. The number of nitrogens with one attached hydrogen (secondary N) is 1. The first-order chi connectivity index (χ1) is 9.67. The van der Waals surface area contributed by atoms with E-state index in [1.165, 1.54) is 12.3 Å². The summed E-state index contributed by atoms with van der Waals surface area (Å²) in [5, 5.41) is 7.78. The van der Waals surface area contributed by atoms with Gasteiger partial charge in [-0.05, 0) is 48.0 Å². The molecule has 0 saturated carbocycles. The Morgan fingerprint density at radius 1 is 1.35 bits per heavy atom. The lowest BCUT2D eigenvalue weighted by atomic mass is 10.1. The molecule has 1 N–H and O–H groups in total. The lowest BCUT2D eigenvalue weighted by Crippen LogP contribution is -2.27. The van der Waals surface area contributed by atoms with Crippen molar-refractivity contribution in [2.75, 3.05) is 6.54 Å². The molecule has 2 aromatic rings. The smallest absolute Gasteiger partial charge is 0.141 e. The fraction of sp³-hybridized carbons (Fsp3) is 0.429. The van der Waals surface area contributed by atoms with Gasteiger partial charge in [0.1, 0.15) is 5.82 Å². The van der Waals surface area contributed by atoms with Gasteiger partial charge in [-0.2, -0.15) is 5.10 Å². The fourth-order valence-corrected chi connectivity index (χ4v) is 2.62. The molecule has 4 nitrogen and oxygen atoms in total. The molecule has 2 rings (SSSR count). The third-order valence-corrected chi connectivity index (χ3v) is 3.66. The first-order valence-electron chi connectivity index (χ1n) is 6.73. The van der Waals surface area contributed by atoms with E-state index in [1.54, 1.807) is 12.3 Å². The van der Waals surface area contributed by atoms with Crippen LogP contribution in [-0.2, 0) is 6.54 Å². The fourth-order valence-electron chi connectivity index (χ4n) is 2.10. The van der Waals surface area contributed by atoms with Gasteiger partial charge in [0.15, 0.2) is 0 Å². The number of aryl methyl sites for hydroxylation is 1. The first-order valence-corrected chi connectivity index (χ1v) is 7.52. The Labute approximate surface area is 126 Å². The van der Waals surface area contributed by atoms with Crippen LogP contribution in [0.3, 0.4) is 0 Å². The molecule has 0 aliphatic carbocycles. The molecule has 0 spiro atoms. The van der Waals surface area contributed by atoms with E-state index in [-0.39, 0.29) is 11.9 Å². The van der Waals surface area contributed by atoms with E-state index in [4.69, 9.17) is 0 Å². The Hall–Kier alpha value is -1.27. The summed E-state index contributed by atoms with van der Waals surface area (Å²) < 4.78 is 15.9. The number of rotatable bonds is 6. The van der Waals surface area contributed by atoms with Gasteiger partial charge in [-0.25, -0.2) is 4.39 Å². The Balaban J connectivity index is 2.41. The second kappa shape index (κ2) is 6.95. The molecule has 1 unspecified atom stereocenters. The second-order valence-electron chi connectivity index (χ2n) is 4.48. The monoisotopic (exact) mass is 340 g/mol. The highest BCUT2D eigenvalue weighted by Gasteiger charge is 2.22. The predicted molar refractivity (Wildman–Crippen MR) is 79.9 cm³/mol. The van der Waals surface area contributed by atoms with Crippen molar-refractivity contribution >= 4 is 15.9 Å². The zero-order valence-corrected chi connectivity index (χ0v) is 13.2. The summed E-state index contributed by atoms with van der Waals surface area (Å²) >= 11 is 3.54. The molecule has 1 atom stereocenters. The molecule has 0 aromatic carbocycles. The summed E-state index contributed by atoms with van der Waals surface area (Å²) in [5.74, 6) is -0.328. The Bertz CT molecular complexity index is 553. The average molecular weight is 341 g/mol. The largest absolute Gasteiger partial charge is 0.304 e. The van der Waals surface area contributed by atoms with Gasteiger partial charge in [0.2, 0.25) is 0 Å². The lowest BCUT2D eigenvalue weighted by molar-refractivity contribution is 0.518. The van der Waals surface area contributed by atoms with E-state index in [2.05, 4.69) is 38.3 Å². The number of halogens is 2. The Kier molecular flexibility index (Phi) is 5.25. The average Bonchev–Trinajstić information content (AvgIpc) is 2.82. The third-order valence-electron chi connectivity index (χ3n) is 3.05. The minimum atomic E-state index is -0.328. The Morgan fingerprint density at radius 2 is 2.15 bits per heavy atom. The highest BCUT2D eigenvalue weighted by atomic mass is 79.9.